The van der Waals surface area contributed by atoms with Crippen LogP contribution in [-0.2, 0) is 0 Å². The first-order valence-electron chi connectivity index (χ1n) is 5.58. The molecule has 0 aliphatic carbocycles. The van der Waals surface area contributed by atoms with Crippen LogP contribution in [0.4, 0.5) is 5.82 Å². The van der Waals surface area contributed by atoms with E-state index in [1.165, 1.54) is 18.4 Å². The van der Waals surface area contributed by atoms with Crippen LogP contribution in [-0.4, -0.2) is 25.1 Å². The Balaban J connectivity index is 2.36. The largest absolute Gasteiger partial charge is 0.360 e. The fourth-order valence-electron chi connectivity index (χ4n) is 1.51. The van der Waals surface area contributed by atoms with Crippen molar-refractivity contribution in [2.45, 2.75) is 26.2 Å². The van der Waals surface area contributed by atoms with Gasteiger partial charge in [-0.25, -0.2) is 4.98 Å². The first kappa shape index (κ1) is 12.0. The van der Waals surface area contributed by atoms with Gasteiger partial charge in [-0.1, -0.05) is 6.42 Å². The van der Waals surface area contributed by atoms with Crippen LogP contribution in [0.15, 0.2) is 18.3 Å². The van der Waals surface area contributed by atoms with Gasteiger partial charge in [0, 0.05) is 19.8 Å². The Hall–Kier alpha value is -1.09. The summed E-state index contributed by atoms with van der Waals surface area (Å²) in [6.07, 6.45) is 5.37. The van der Waals surface area contributed by atoms with Crippen molar-refractivity contribution in [3.05, 3.63) is 23.9 Å². The predicted octanol–water partition coefficient (Wildman–Crippen LogP) is 1.96. The lowest BCUT2D eigenvalue weighted by Crippen LogP contribution is -2.19. The summed E-state index contributed by atoms with van der Waals surface area (Å²) in [5.74, 6) is 1.06. The number of aromatic nitrogens is 1. The number of rotatable bonds is 6. The summed E-state index contributed by atoms with van der Waals surface area (Å²) in [6.45, 7) is 3.94. The molecule has 0 saturated carbocycles. The summed E-state index contributed by atoms with van der Waals surface area (Å²) in [7, 11) is 2.09. The molecule has 0 aliphatic rings. The zero-order valence-corrected chi connectivity index (χ0v) is 9.74. The molecule has 3 heteroatoms. The second-order valence-corrected chi connectivity index (χ2v) is 3.96. The quantitative estimate of drug-likeness (QED) is 0.725. The molecule has 15 heavy (non-hydrogen) atoms. The maximum atomic E-state index is 5.45. The number of nitrogens with two attached hydrogens (primary N) is 1. The molecule has 1 heterocycles. The minimum absolute atomic E-state index is 0.798. The molecule has 0 bridgehead atoms. The van der Waals surface area contributed by atoms with E-state index in [4.69, 9.17) is 5.73 Å². The lowest BCUT2D eigenvalue weighted by atomic mass is 10.2. The number of nitrogens with zero attached hydrogens (tertiary/aromatic N) is 2. The van der Waals surface area contributed by atoms with Crippen LogP contribution in [0.25, 0.3) is 0 Å². The van der Waals surface area contributed by atoms with E-state index in [9.17, 15) is 0 Å². The van der Waals surface area contributed by atoms with Gasteiger partial charge in [-0.3, -0.25) is 0 Å². The highest BCUT2D eigenvalue weighted by Gasteiger charge is 2.01. The predicted molar refractivity (Wildman–Crippen MR) is 65.1 cm³/mol. The molecule has 0 fully saturated rings. The normalized spacial score (nSPS) is 10.3. The molecule has 0 aromatic carbocycles. The van der Waals surface area contributed by atoms with Crippen molar-refractivity contribution in [1.29, 1.82) is 0 Å². The van der Waals surface area contributed by atoms with Crippen molar-refractivity contribution < 1.29 is 0 Å². The number of hydrogen-bond acceptors (Lipinski definition) is 3. The van der Waals surface area contributed by atoms with Crippen molar-refractivity contribution in [2.75, 3.05) is 25.0 Å². The first-order valence-corrected chi connectivity index (χ1v) is 5.58. The molecular weight excluding hydrogens is 186 g/mol. The second-order valence-electron chi connectivity index (χ2n) is 3.96. The molecule has 2 N–H and O–H groups in total. The molecule has 0 saturated heterocycles. The number of aryl methyl sites for hydroxylation is 1. The van der Waals surface area contributed by atoms with Gasteiger partial charge in [0.2, 0.25) is 0 Å². The topological polar surface area (TPSA) is 42.2 Å². The van der Waals surface area contributed by atoms with Crippen molar-refractivity contribution in [2.24, 2.45) is 5.73 Å². The minimum atomic E-state index is 0.798. The SMILES string of the molecule is Cc1ccnc(N(C)CCCCCN)c1. The summed E-state index contributed by atoms with van der Waals surface area (Å²) in [5, 5.41) is 0. The van der Waals surface area contributed by atoms with E-state index in [1.54, 1.807) is 0 Å². The molecule has 84 valence electrons. The monoisotopic (exact) mass is 207 g/mol. The van der Waals surface area contributed by atoms with Gasteiger partial charge in [0.15, 0.2) is 0 Å². The lowest BCUT2D eigenvalue weighted by Gasteiger charge is -2.18. The molecule has 0 unspecified atom stereocenters. The fraction of sp³-hybridized carbons (Fsp3) is 0.583. The maximum absolute atomic E-state index is 5.45. The van der Waals surface area contributed by atoms with E-state index in [1.807, 2.05) is 12.3 Å². The highest BCUT2D eigenvalue weighted by Crippen LogP contribution is 2.11. The van der Waals surface area contributed by atoms with E-state index in [2.05, 4.69) is 29.9 Å². The van der Waals surface area contributed by atoms with Gasteiger partial charge < -0.3 is 10.6 Å². The van der Waals surface area contributed by atoms with Crippen LogP contribution >= 0.6 is 0 Å². The number of anilines is 1. The molecule has 0 radical (unpaired) electrons. The van der Waals surface area contributed by atoms with Crippen LogP contribution in [0.3, 0.4) is 0 Å². The Morgan fingerprint density at radius 1 is 1.33 bits per heavy atom. The Kier molecular flexibility index (Phi) is 5.12. The third-order valence-corrected chi connectivity index (χ3v) is 2.49. The Morgan fingerprint density at radius 2 is 2.13 bits per heavy atom. The van der Waals surface area contributed by atoms with Gasteiger partial charge in [0.25, 0.3) is 0 Å². The number of pyridine rings is 1. The van der Waals surface area contributed by atoms with E-state index in [0.717, 1.165) is 25.3 Å². The summed E-state index contributed by atoms with van der Waals surface area (Å²) in [4.78, 5) is 6.54. The van der Waals surface area contributed by atoms with Gasteiger partial charge in [-0.05, 0) is 44.0 Å². The standard InChI is InChI=1S/C12H21N3/c1-11-6-8-14-12(10-11)15(2)9-5-3-4-7-13/h6,8,10H,3-5,7,9,13H2,1-2H3. The third kappa shape index (κ3) is 4.30. The van der Waals surface area contributed by atoms with Gasteiger partial charge >= 0.3 is 0 Å². The molecular formula is C12H21N3. The lowest BCUT2D eigenvalue weighted by molar-refractivity contribution is 0.676. The van der Waals surface area contributed by atoms with Crippen LogP contribution in [0.2, 0.25) is 0 Å². The highest BCUT2D eigenvalue weighted by molar-refractivity contribution is 5.39. The molecule has 1 rings (SSSR count). The van der Waals surface area contributed by atoms with Gasteiger partial charge in [-0.2, -0.15) is 0 Å². The first-order chi connectivity index (χ1) is 7.24. The van der Waals surface area contributed by atoms with Crippen LogP contribution < -0.4 is 10.6 Å². The molecule has 0 amide bonds. The zero-order chi connectivity index (χ0) is 11.1. The second kappa shape index (κ2) is 6.40. The van der Waals surface area contributed by atoms with Crippen LogP contribution in [0.5, 0.6) is 0 Å². The van der Waals surface area contributed by atoms with Crippen molar-refractivity contribution in [1.82, 2.24) is 4.98 Å². The Labute approximate surface area is 92.3 Å². The van der Waals surface area contributed by atoms with E-state index in [0.29, 0.717) is 0 Å². The molecule has 0 atom stereocenters. The van der Waals surface area contributed by atoms with E-state index < -0.39 is 0 Å². The van der Waals surface area contributed by atoms with Gasteiger partial charge in [0.1, 0.15) is 5.82 Å². The van der Waals surface area contributed by atoms with E-state index in [-0.39, 0.29) is 0 Å². The minimum Gasteiger partial charge on any atom is -0.360 e. The van der Waals surface area contributed by atoms with Crippen LogP contribution in [0, 0.1) is 6.92 Å². The van der Waals surface area contributed by atoms with Crippen molar-refractivity contribution in [3.8, 4) is 0 Å². The molecule has 3 nitrogen and oxygen atoms in total. The maximum Gasteiger partial charge on any atom is 0.128 e. The number of hydrogen-bond donors (Lipinski definition) is 1. The molecule has 0 spiro atoms. The van der Waals surface area contributed by atoms with E-state index >= 15 is 0 Å². The summed E-state index contributed by atoms with van der Waals surface area (Å²) in [5.41, 5.74) is 6.71. The average Bonchev–Trinajstić information content (AvgIpc) is 2.24. The molecule has 1 aromatic rings. The smallest absolute Gasteiger partial charge is 0.128 e. The van der Waals surface area contributed by atoms with Crippen molar-refractivity contribution in [3.63, 3.8) is 0 Å². The summed E-state index contributed by atoms with van der Waals surface area (Å²) in [6, 6.07) is 4.13. The average molecular weight is 207 g/mol. The summed E-state index contributed by atoms with van der Waals surface area (Å²) < 4.78 is 0. The zero-order valence-electron chi connectivity index (χ0n) is 9.74. The van der Waals surface area contributed by atoms with Gasteiger partial charge in [-0.15, -0.1) is 0 Å². The molecule has 1 aromatic heterocycles. The highest BCUT2D eigenvalue weighted by atomic mass is 15.2. The van der Waals surface area contributed by atoms with Crippen molar-refractivity contribution >= 4 is 5.82 Å². The number of unbranched alkanes of at least 4 members (excludes halogenated alkanes) is 2. The van der Waals surface area contributed by atoms with Crippen LogP contribution in [0.1, 0.15) is 24.8 Å². The Bertz CT molecular complexity index is 286. The third-order valence-electron chi connectivity index (χ3n) is 2.49. The molecule has 0 aliphatic heterocycles. The fourth-order valence-corrected chi connectivity index (χ4v) is 1.51. The summed E-state index contributed by atoms with van der Waals surface area (Å²) >= 11 is 0. The Morgan fingerprint density at radius 3 is 2.80 bits per heavy atom. The van der Waals surface area contributed by atoms with Gasteiger partial charge in [0.05, 0.1) is 0 Å².